The number of nitrogens with zero attached hydrogens (tertiary/aromatic N) is 7. The van der Waals surface area contributed by atoms with E-state index in [2.05, 4.69) is 36.0 Å². The molecule has 0 N–H and O–H groups in total. The minimum atomic E-state index is 0.408. The van der Waals surface area contributed by atoms with E-state index in [1.54, 1.807) is 17.5 Å². The van der Waals surface area contributed by atoms with E-state index in [9.17, 15) is 0 Å². The van der Waals surface area contributed by atoms with Crippen molar-refractivity contribution in [3.63, 3.8) is 0 Å². The second kappa shape index (κ2) is 9.16. The van der Waals surface area contributed by atoms with Crippen molar-refractivity contribution in [3.8, 4) is 6.07 Å². The molecule has 0 spiro atoms. The maximum absolute atomic E-state index is 9.07. The van der Waals surface area contributed by atoms with Gasteiger partial charge in [-0.2, -0.15) is 5.26 Å². The van der Waals surface area contributed by atoms with Crippen molar-refractivity contribution < 1.29 is 0 Å². The molecular formula is C21H29N7S2. The molecular weight excluding hydrogens is 414 g/mol. The van der Waals surface area contributed by atoms with Gasteiger partial charge in [-0.05, 0) is 51.6 Å². The van der Waals surface area contributed by atoms with Gasteiger partial charge in [-0.3, -0.25) is 0 Å². The maximum atomic E-state index is 9.07. The molecule has 0 unspecified atom stereocenters. The second-order valence-electron chi connectivity index (χ2n) is 8.64. The summed E-state index contributed by atoms with van der Waals surface area (Å²) < 4.78 is 0. The predicted molar refractivity (Wildman–Crippen MR) is 122 cm³/mol. The van der Waals surface area contributed by atoms with Crippen LogP contribution in [0.5, 0.6) is 0 Å². The van der Waals surface area contributed by atoms with Crippen LogP contribution in [0, 0.1) is 11.3 Å². The van der Waals surface area contributed by atoms with Crippen molar-refractivity contribution in [2.24, 2.45) is 0 Å². The quantitative estimate of drug-likeness (QED) is 0.713. The Hall–Kier alpha value is -1.76. The highest BCUT2D eigenvalue weighted by atomic mass is 32.1. The summed E-state index contributed by atoms with van der Waals surface area (Å²) >= 11 is 3.27. The molecule has 5 rings (SSSR count). The van der Waals surface area contributed by atoms with E-state index in [0.29, 0.717) is 10.8 Å². The van der Waals surface area contributed by atoms with Crippen molar-refractivity contribution in [3.05, 3.63) is 16.1 Å². The van der Waals surface area contributed by atoms with Gasteiger partial charge in [-0.1, -0.05) is 29.1 Å². The molecule has 3 saturated heterocycles. The molecule has 9 heteroatoms. The number of piperidine rings is 3. The van der Waals surface area contributed by atoms with Crippen LogP contribution in [-0.4, -0.2) is 65.4 Å². The number of rotatable bonds is 4. The lowest BCUT2D eigenvalue weighted by atomic mass is 9.99. The average Bonchev–Trinajstić information content (AvgIpc) is 3.50. The summed E-state index contributed by atoms with van der Waals surface area (Å²) in [4.78, 5) is 12.6. The molecule has 160 valence electrons. The fraction of sp³-hybridized carbons (Fsp3) is 0.714. The number of aromatic nitrogens is 3. The Kier molecular flexibility index (Phi) is 6.16. The number of thiazole rings is 1. The standard InChI is InChI=1S/C21H29N7S2/c22-13-18-14-23-20(29-18)28-10-4-5-16(15-28)19-24-25-21(30-19)27-11-6-17(7-12-27)26-8-2-1-3-9-26/h14,16-17H,1-12,15H2/t16-/m1/s1. The normalized spacial score (nSPS) is 24.2. The fourth-order valence-electron chi connectivity index (χ4n) is 5.04. The highest BCUT2D eigenvalue weighted by Gasteiger charge is 2.29. The third-order valence-electron chi connectivity index (χ3n) is 6.72. The Bertz CT molecular complexity index is 874. The molecule has 3 fully saturated rings. The van der Waals surface area contributed by atoms with E-state index in [1.165, 1.54) is 56.5 Å². The summed E-state index contributed by atoms with van der Waals surface area (Å²) in [5.41, 5.74) is 0. The predicted octanol–water partition coefficient (Wildman–Crippen LogP) is 3.70. The first-order chi connectivity index (χ1) is 14.8. The summed E-state index contributed by atoms with van der Waals surface area (Å²) in [6.45, 7) is 6.71. The molecule has 3 aliphatic heterocycles. The fourth-order valence-corrected chi connectivity index (χ4v) is 6.81. The van der Waals surface area contributed by atoms with Crippen molar-refractivity contribution in [2.45, 2.75) is 56.9 Å². The lowest BCUT2D eigenvalue weighted by molar-refractivity contribution is 0.141. The van der Waals surface area contributed by atoms with Gasteiger partial charge in [0.25, 0.3) is 0 Å². The van der Waals surface area contributed by atoms with Gasteiger partial charge in [0.15, 0.2) is 5.13 Å². The van der Waals surface area contributed by atoms with Gasteiger partial charge in [0.1, 0.15) is 16.0 Å². The molecule has 0 bridgehead atoms. The van der Waals surface area contributed by atoms with Gasteiger partial charge in [-0.25, -0.2) is 4.98 Å². The zero-order valence-electron chi connectivity index (χ0n) is 17.4. The first-order valence-corrected chi connectivity index (χ1v) is 12.9. The molecule has 0 amide bonds. The Morgan fingerprint density at radius 3 is 2.47 bits per heavy atom. The van der Waals surface area contributed by atoms with E-state index >= 15 is 0 Å². The first kappa shape index (κ1) is 20.2. The summed E-state index contributed by atoms with van der Waals surface area (Å²) in [6, 6.07) is 2.95. The van der Waals surface area contributed by atoms with Crippen LogP contribution in [0.15, 0.2) is 6.20 Å². The smallest absolute Gasteiger partial charge is 0.208 e. The van der Waals surface area contributed by atoms with Crippen molar-refractivity contribution in [1.29, 1.82) is 5.26 Å². The monoisotopic (exact) mass is 443 g/mol. The highest BCUT2D eigenvalue weighted by Crippen LogP contribution is 2.35. The number of nitriles is 1. The highest BCUT2D eigenvalue weighted by molar-refractivity contribution is 7.16. The molecule has 30 heavy (non-hydrogen) atoms. The average molecular weight is 444 g/mol. The SMILES string of the molecule is N#Cc1cnc(N2CCC[C@@H](c3nnc(N4CCC(N5CCCCC5)CC4)s3)C2)s1. The zero-order valence-corrected chi connectivity index (χ0v) is 19.0. The summed E-state index contributed by atoms with van der Waals surface area (Å²) in [6.07, 6.45) is 10.6. The molecule has 0 aromatic carbocycles. The number of likely N-dealkylation sites (tertiary alicyclic amines) is 1. The second-order valence-corrected chi connectivity index (χ2v) is 10.6. The van der Waals surface area contributed by atoms with E-state index in [4.69, 9.17) is 5.26 Å². The van der Waals surface area contributed by atoms with Gasteiger partial charge < -0.3 is 14.7 Å². The minimum Gasteiger partial charge on any atom is -0.347 e. The van der Waals surface area contributed by atoms with Crippen LogP contribution in [-0.2, 0) is 0 Å². The molecule has 1 atom stereocenters. The van der Waals surface area contributed by atoms with E-state index < -0.39 is 0 Å². The van der Waals surface area contributed by atoms with Crippen LogP contribution >= 0.6 is 22.7 Å². The lowest BCUT2D eigenvalue weighted by Gasteiger charge is -2.40. The largest absolute Gasteiger partial charge is 0.347 e. The lowest BCUT2D eigenvalue weighted by Crippen LogP contribution is -2.46. The number of hydrogen-bond donors (Lipinski definition) is 0. The van der Waals surface area contributed by atoms with Gasteiger partial charge >= 0.3 is 0 Å². The molecule has 3 aliphatic rings. The van der Waals surface area contributed by atoms with Crippen LogP contribution in [0.4, 0.5) is 10.3 Å². The Morgan fingerprint density at radius 1 is 0.867 bits per heavy atom. The van der Waals surface area contributed by atoms with E-state index in [1.807, 2.05) is 0 Å². The Labute approximate surface area is 186 Å². The van der Waals surface area contributed by atoms with Crippen LogP contribution < -0.4 is 9.80 Å². The third-order valence-corrected chi connectivity index (χ3v) is 8.83. The van der Waals surface area contributed by atoms with Crippen LogP contribution in [0.25, 0.3) is 0 Å². The van der Waals surface area contributed by atoms with Crippen molar-refractivity contribution >= 4 is 32.9 Å². The minimum absolute atomic E-state index is 0.408. The molecule has 0 saturated carbocycles. The zero-order chi connectivity index (χ0) is 20.3. The van der Waals surface area contributed by atoms with Gasteiger partial charge in [-0.15, -0.1) is 10.2 Å². The summed E-state index contributed by atoms with van der Waals surface area (Å²) in [5.74, 6) is 0.408. The van der Waals surface area contributed by atoms with Crippen molar-refractivity contribution in [2.75, 3.05) is 49.1 Å². The van der Waals surface area contributed by atoms with Crippen molar-refractivity contribution in [1.82, 2.24) is 20.1 Å². The summed E-state index contributed by atoms with van der Waals surface area (Å²) in [5, 5.41) is 21.5. The molecule has 7 nitrogen and oxygen atoms in total. The Morgan fingerprint density at radius 2 is 1.70 bits per heavy atom. The van der Waals surface area contributed by atoms with Gasteiger partial charge in [0.2, 0.25) is 5.13 Å². The van der Waals surface area contributed by atoms with Gasteiger partial charge in [0.05, 0.1) is 6.20 Å². The summed E-state index contributed by atoms with van der Waals surface area (Å²) in [7, 11) is 0. The third kappa shape index (κ3) is 4.32. The molecule has 0 radical (unpaired) electrons. The first-order valence-electron chi connectivity index (χ1n) is 11.2. The van der Waals surface area contributed by atoms with Crippen LogP contribution in [0.1, 0.15) is 60.7 Å². The van der Waals surface area contributed by atoms with Gasteiger partial charge in [0, 0.05) is 38.1 Å². The Balaban J connectivity index is 1.19. The molecule has 2 aromatic rings. The number of hydrogen-bond acceptors (Lipinski definition) is 9. The molecule has 2 aromatic heterocycles. The topological polar surface area (TPSA) is 72.2 Å². The van der Waals surface area contributed by atoms with Crippen LogP contribution in [0.2, 0.25) is 0 Å². The molecule has 5 heterocycles. The maximum Gasteiger partial charge on any atom is 0.208 e. The molecule has 0 aliphatic carbocycles. The van der Waals surface area contributed by atoms with Crippen LogP contribution in [0.3, 0.4) is 0 Å². The van der Waals surface area contributed by atoms with E-state index in [-0.39, 0.29) is 0 Å². The van der Waals surface area contributed by atoms with E-state index in [0.717, 1.165) is 60.3 Å². The number of anilines is 2.